The first-order valence-electron chi connectivity index (χ1n) is 6.90. The lowest BCUT2D eigenvalue weighted by Gasteiger charge is -2.10. The SMILES string of the molecule is CC(C)[C@H](O)Cc1nc(-c2ccc3c(c2)CCO3)no1. The number of ether oxygens (including phenoxy) is 1. The summed E-state index contributed by atoms with van der Waals surface area (Å²) in [5.41, 5.74) is 2.10. The first kappa shape index (κ1) is 13.1. The fourth-order valence-electron chi connectivity index (χ4n) is 2.20. The van der Waals surface area contributed by atoms with Crippen molar-refractivity contribution >= 4 is 0 Å². The minimum atomic E-state index is -0.461. The third-order valence-corrected chi connectivity index (χ3v) is 3.57. The van der Waals surface area contributed by atoms with Gasteiger partial charge in [-0.2, -0.15) is 4.98 Å². The maximum atomic E-state index is 9.84. The summed E-state index contributed by atoms with van der Waals surface area (Å²) < 4.78 is 10.7. The molecule has 0 bridgehead atoms. The van der Waals surface area contributed by atoms with Gasteiger partial charge in [0.25, 0.3) is 0 Å². The first-order valence-corrected chi connectivity index (χ1v) is 6.90. The Morgan fingerprint density at radius 3 is 3.00 bits per heavy atom. The van der Waals surface area contributed by atoms with Gasteiger partial charge in [-0.15, -0.1) is 0 Å². The van der Waals surface area contributed by atoms with Gasteiger partial charge in [0.1, 0.15) is 5.75 Å². The predicted molar refractivity (Wildman–Crippen MR) is 73.5 cm³/mol. The summed E-state index contributed by atoms with van der Waals surface area (Å²) in [6.07, 6.45) is 0.843. The molecule has 20 heavy (non-hydrogen) atoms. The highest BCUT2D eigenvalue weighted by atomic mass is 16.5. The maximum absolute atomic E-state index is 9.84. The topological polar surface area (TPSA) is 68.4 Å². The second-order valence-electron chi connectivity index (χ2n) is 5.45. The van der Waals surface area contributed by atoms with Crippen LogP contribution in [-0.2, 0) is 12.8 Å². The molecule has 2 aromatic rings. The zero-order valence-electron chi connectivity index (χ0n) is 11.7. The van der Waals surface area contributed by atoms with Crippen molar-refractivity contribution in [3.63, 3.8) is 0 Å². The number of fused-ring (bicyclic) bond motifs is 1. The van der Waals surface area contributed by atoms with Gasteiger partial charge in [-0.1, -0.05) is 19.0 Å². The average molecular weight is 274 g/mol. The number of hydrogen-bond acceptors (Lipinski definition) is 5. The molecule has 0 unspecified atom stereocenters. The van der Waals surface area contributed by atoms with Gasteiger partial charge < -0.3 is 14.4 Å². The van der Waals surface area contributed by atoms with Gasteiger partial charge in [0.15, 0.2) is 0 Å². The van der Waals surface area contributed by atoms with Crippen molar-refractivity contribution in [1.82, 2.24) is 10.1 Å². The van der Waals surface area contributed by atoms with E-state index >= 15 is 0 Å². The molecule has 5 heteroatoms. The Kier molecular flexibility index (Phi) is 3.44. The van der Waals surface area contributed by atoms with E-state index in [9.17, 15) is 5.11 Å². The van der Waals surface area contributed by atoms with Crippen LogP contribution < -0.4 is 4.74 Å². The Morgan fingerprint density at radius 1 is 1.35 bits per heavy atom. The monoisotopic (exact) mass is 274 g/mol. The molecule has 0 spiro atoms. The molecule has 0 saturated carbocycles. The van der Waals surface area contributed by atoms with Crippen molar-refractivity contribution < 1.29 is 14.4 Å². The lowest BCUT2D eigenvalue weighted by atomic mass is 10.0. The van der Waals surface area contributed by atoms with Crippen molar-refractivity contribution in [2.75, 3.05) is 6.61 Å². The molecule has 0 saturated heterocycles. The van der Waals surface area contributed by atoms with Crippen LogP contribution in [0.15, 0.2) is 22.7 Å². The molecule has 3 rings (SSSR count). The van der Waals surface area contributed by atoms with E-state index in [2.05, 4.69) is 10.1 Å². The normalized spacial score (nSPS) is 15.2. The molecular formula is C15H18N2O3. The van der Waals surface area contributed by atoms with E-state index in [0.29, 0.717) is 18.1 Å². The van der Waals surface area contributed by atoms with E-state index in [1.165, 1.54) is 5.56 Å². The van der Waals surface area contributed by atoms with Gasteiger partial charge in [-0.05, 0) is 29.7 Å². The molecule has 0 fully saturated rings. The number of aliphatic hydroxyl groups is 1. The number of hydrogen-bond donors (Lipinski definition) is 1. The van der Waals surface area contributed by atoms with Crippen LogP contribution in [-0.4, -0.2) is 28.0 Å². The summed E-state index contributed by atoms with van der Waals surface area (Å²) in [5.74, 6) is 2.14. The zero-order valence-corrected chi connectivity index (χ0v) is 11.7. The Labute approximate surface area is 117 Å². The molecule has 1 N–H and O–H groups in total. The number of rotatable bonds is 4. The third kappa shape index (κ3) is 2.54. The molecule has 1 atom stereocenters. The highest BCUT2D eigenvalue weighted by Crippen LogP contribution is 2.29. The molecule has 1 aromatic heterocycles. The second kappa shape index (κ2) is 5.25. The summed E-state index contributed by atoms with van der Waals surface area (Å²) in [5, 5.41) is 13.8. The smallest absolute Gasteiger partial charge is 0.229 e. The van der Waals surface area contributed by atoms with Gasteiger partial charge in [0.05, 0.1) is 19.1 Å². The predicted octanol–water partition coefficient (Wildman–Crippen LogP) is 2.23. The highest BCUT2D eigenvalue weighted by molar-refractivity contribution is 5.59. The summed E-state index contributed by atoms with van der Waals surface area (Å²) >= 11 is 0. The van der Waals surface area contributed by atoms with E-state index in [1.807, 2.05) is 32.0 Å². The molecular weight excluding hydrogens is 256 g/mol. The number of aliphatic hydroxyl groups excluding tert-OH is 1. The number of aromatic nitrogens is 2. The summed E-state index contributed by atoms with van der Waals surface area (Å²) in [6.45, 7) is 4.65. The van der Waals surface area contributed by atoms with E-state index < -0.39 is 6.10 Å². The van der Waals surface area contributed by atoms with Crippen molar-refractivity contribution in [1.29, 1.82) is 0 Å². The van der Waals surface area contributed by atoms with E-state index in [1.54, 1.807) is 0 Å². The van der Waals surface area contributed by atoms with Gasteiger partial charge in [-0.3, -0.25) is 0 Å². The minimum absolute atomic E-state index is 0.169. The Morgan fingerprint density at radius 2 is 2.20 bits per heavy atom. The fraction of sp³-hybridized carbons (Fsp3) is 0.467. The molecule has 0 aliphatic carbocycles. The third-order valence-electron chi connectivity index (χ3n) is 3.57. The Hall–Kier alpha value is -1.88. The van der Waals surface area contributed by atoms with Crippen LogP contribution >= 0.6 is 0 Å². The lowest BCUT2D eigenvalue weighted by molar-refractivity contribution is 0.116. The number of nitrogens with zero attached hydrogens (tertiary/aromatic N) is 2. The van der Waals surface area contributed by atoms with Crippen LogP contribution in [0.25, 0.3) is 11.4 Å². The molecule has 5 nitrogen and oxygen atoms in total. The summed E-state index contributed by atoms with van der Waals surface area (Å²) in [4.78, 5) is 4.35. The number of benzene rings is 1. The van der Waals surface area contributed by atoms with E-state index in [0.717, 1.165) is 24.3 Å². The van der Waals surface area contributed by atoms with Crippen molar-refractivity contribution in [3.8, 4) is 17.1 Å². The van der Waals surface area contributed by atoms with Crippen molar-refractivity contribution in [3.05, 3.63) is 29.7 Å². The van der Waals surface area contributed by atoms with Gasteiger partial charge in [0.2, 0.25) is 11.7 Å². The van der Waals surface area contributed by atoms with Crippen LogP contribution in [0, 0.1) is 5.92 Å². The Bertz CT molecular complexity index is 607. The summed E-state index contributed by atoms with van der Waals surface area (Å²) in [6, 6.07) is 5.91. The lowest BCUT2D eigenvalue weighted by Crippen LogP contribution is -2.17. The van der Waals surface area contributed by atoms with Crippen LogP contribution in [0.3, 0.4) is 0 Å². The fourth-order valence-corrected chi connectivity index (χ4v) is 2.20. The largest absolute Gasteiger partial charge is 0.493 e. The Balaban J connectivity index is 1.80. The first-order chi connectivity index (χ1) is 9.63. The maximum Gasteiger partial charge on any atom is 0.229 e. The molecule has 0 amide bonds. The molecule has 0 radical (unpaired) electrons. The molecule has 2 heterocycles. The minimum Gasteiger partial charge on any atom is -0.493 e. The molecule has 1 aromatic carbocycles. The average Bonchev–Trinajstić information content (AvgIpc) is 3.05. The van der Waals surface area contributed by atoms with Crippen LogP contribution in [0.2, 0.25) is 0 Å². The van der Waals surface area contributed by atoms with Crippen LogP contribution in [0.1, 0.15) is 25.3 Å². The molecule has 1 aliphatic heterocycles. The van der Waals surface area contributed by atoms with E-state index in [-0.39, 0.29) is 5.92 Å². The van der Waals surface area contributed by atoms with Crippen molar-refractivity contribution in [2.45, 2.75) is 32.8 Å². The standard InChI is InChI=1S/C15H18N2O3/c1-9(2)12(18)8-14-16-15(17-20-14)11-3-4-13-10(7-11)5-6-19-13/h3-4,7,9,12,18H,5-6,8H2,1-2H3/t12-/m1/s1. The van der Waals surface area contributed by atoms with E-state index in [4.69, 9.17) is 9.26 Å². The van der Waals surface area contributed by atoms with Gasteiger partial charge in [0, 0.05) is 12.0 Å². The van der Waals surface area contributed by atoms with Gasteiger partial charge >= 0.3 is 0 Å². The highest BCUT2D eigenvalue weighted by Gasteiger charge is 2.18. The van der Waals surface area contributed by atoms with Crippen molar-refractivity contribution in [2.24, 2.45) is 5.92 Å². The van der Waals surface area contributed by atoms with Gasteiger partial charge in [-0.25, -0.2) is 0 Å². The molecule has 1 aliphatic rings. The molecule has 106 valence electrons. The summed E-state index contributed by atoms with van der Waals surface area (Å²) in [7, 11) is 0. The second-order valence-corrected chi connectivity index (χ2v) is 5.45. The zero-order chi connectivity index (χ0) is 14.1. The van der Waals surface area contributed by atoms with Crippen LogP contribution in [0.4, 0.5) is 0 Å². The van der Waals surface area contributed by atoms with Crippen LogP contribution in [0.5, 0.6) is 5.75 Å². The quantitative estimate of drug-likeness (QED) is 0.926.